The number of nitrogens with one attached hydrogen (secondary N) is 1. The molecule has 0 heterocycles. The summed E-state index contributed by atoms with van der Waals surface area (Å²) in [5, 5.41) is 12.4. The van der Waals surface area contributed by atoms with Gasteiger partial charge in [-0.05, 0) is 25.0 Å². The zero-order valence-electron chi connectivity index (χ0n) is 7.40. The lowest BCUT2D eigenvalue weighted by atomic mass is 9.89. The lowest BCUT2D eigenvalue weighted by molar-refractivity contribution is 0.0837. The standard InChI is InChI=1S/C10H14N2O/c11-9-3-1-2-4-10(9)12-7-5-8(13)6-7/h1-4,7-8,12-13H,5-6,11H2. The van der Waals surface area contributed by atoms with Gasteiger partial charge in [0.05, 0.1) is 17.5 Å². The molecule has 0 amide bonds. The lowest BCUT2D eigenvalue weighted by Gasteiger charge is -2.33. The number of aliphatic hydroxyl groups is 1. The van der Waals surface area contributed by atoms with Crippen LogP contribution in [0, 0.1) is 0 Å². The minimum absolute atomic E-state index is 0.123. The largest absolute Gasteiger partial charge is 0.397 e. The van der Waals surface area contributed by atoms with Gasteiger partial charge in [-0.2, -0.15) is 0 Å². The Bertz CT molecular complexity index is 295. The van der Waals surface area contributed by atoms with E-state index in [0.29, 0.717) is 6.04 Å². The average molecular weight is 178 g/mol. The predicted octanol–water partition coefficient (Wildman–Crippen LogP) is 1.20. The second-order valence-corrected chi connectivity index (χ2v) is 3.55. The summed E-state index contributed by atoms with van der Waals surface area (Å²) in [5.74, 6) is 0. The van der Waals surface area contributed by atoms with Crippen LogP contribution < -0.4 is 11.1 Å². The van der Waals surface area contributed by atoms with Gasteiger partial charge in [-0.15, -0.1) is 0 Å². The molecule has 2 rings (SSSR count). The fraction of sp³-hybridized carbons (Fsp3) is 0.400. The number of rotatable bonds is 2. The minimum atomic E-state index is -0.123. The summed E-state index contributed by atoms with van der Waals surface area (Å²) in [4.78, 5) is 0. The summed E-state index contributed by atoms with van der Waals surface area (Å²) < 4.78 is 0. The van der Waals surface area contributed by atoms with Crippen LogP contribution in [0.2, 0.25) is 0 Å². The number of hydrogen-bond acceptors (Lipinski definition) is 3. The van der Waals surface area contributed by atoms with Crippen LogP contribution in [0.4, 0.5) is 11.4 Å². The van der Waals surface area contributed by atoms with E-state index in [1.807, 2.05) is 24.3 Å². The molecule has 0 bridgehead atoms. The molecule has 0 atom stereocenters. The Morgan fingerprint density at radius 3 is 2.62 bits per heavy atom. The van der Waals surface area contributed by atoms with Gasteiger partial charge in [0.25, 0.3) is 0 Å². The third-order valence-electron chi connectivity index (χ3n) is 2.43. The van der Waals surface area contributed by atoms with Crippen LogP contribution in [0.25, 0.3) is 0 Å². The average Bonchev–Trinajstić information content (AvgIpc) is 2.06. The van der Waals surface area contributed by atoms with Crippen LogP contribution in [-0.4, -0.2) is 17.3 Å². The second kappa shape index (κ2) is 3.26. The van der Waals surface area contributed by atoms with E-state index in [1.165, 1.54) is 0 Å². The van der Waals surface area contributed by atoms with Crippen LogP contribution in [0.5, 0.6) is 0 Å². The number of para-hydroxylation sites is 2. The van der Waals surface area contributed by atoms with Crippen molar-refractivity contribution >= 4 is 11.4 Å². The van der Waals surface area contributed by atoms with E-state index in [9.17, 15) is 0 Å². The first kappa shape index (κ1) is 8.38. The highest BCUT2D eigenvalue weighted by Gasteiger charge is 2.26. The highest BCUT2D eigenvalue weighted by Crippen LogP contribution is 2.26. The normalized spacial score (nSPS) is 26.5. The first-order valence-electron chi connectivity index (χ1n) is 4.55. The maximum atomic E-state index is 9.09. The molecule has 0 aromatic heterocycles. The molecule has 13 heavy (non-hydrogen) atoms. The van der Waals surface area contributed by atoms with Crippen LogP contribution in [0.15, 0.2) is 24.3 Å². The van der Waals surface area contributed by atoms with E-state index in [2.05, 4.69) is 5.32 Å². The topological polar surface area (TPSA) is 58.3 Å². The molecule has 0 radical (unpaired) electrons. The van der Waals surface area contributed by atoms with Crippen molar-refractivity contribution in [1.29, 1.82) is 0 Å². The van der Waals surface area contributed by atoms with Crippen molar-refractivity contribution in [2.45, 2.75) is 25.0 Å². The monoisotopic (exact) mass is 178 g/mol. The number of hydrogen-bond donors (Lipinski definition) is 3. The van der Waals surface area contributed by atoms with E-state index in [-0.39, 0.29) is 6.10 Å². The molecular formula is C10H14N2O. The molecule has 3 nitrogen and oxygen atoms in total. The minimum Gasteiger partial charge on any atom is -0.397 e. The third-order valence-corrected chi connectivity index (χ3v) is 2.43. The zero-order chi connectivity index (χ0) is 9.26. The van der Waals surface area contributed by atoms with Crippen molar-refractivity contribution in [3.05, 3.63) is 24.3 Å². The second-order valence-electron chi connectivity index (χ2n) is 3.55. The van der Waals surface area contributed by atoms with Crippen LogP contribution >= 0.6 is 0 Å². The molecule has 1 aliphatic carbocycles. The number of nitrogen functional groups attached to an aromatic ring is 1. The SMILES string of the molecule is Nc1ccccc1NC1CC(O)C1. The first-order valence-corrected chi connectivity index (χ1v) is 4.55. The molecule has 0 aliphatic heterocycles. The van der Waals surface area contributed by atoms with Gasteiger partial charge in [-0.3, -0.25) is 0 Å². The molecule has 0 saturated heterocycles. The lowest BCUT2D eigenvalue weighted by Crippen LogP contribution is -2.39. The van der Waals surface area contributed by atoms with Crippen molar-refractivity contribution in [2.75, 3.05) is 11.1 Å². The Balaban J connectivity index is 1.98. The molecule has 1 fully saturated rings. The van der Waals surface area contributed by atoms with Crippen molar-refractivity contribution < 1.29 is 5.11 Å². The van der Waals surface area contributed by atoms with Crippen LogP contribution in [0.3, 0.4) is 0 Å². The molecule has 1 saturated carbocycles. The van der Waals surface area contributed by atoms with Crippen molar-refractivity contribution in [2.24, 2.45) is 0 Å². The molecular weight excluding hydrogens is 164 g/mol. The van der Waals surface area contributed by atoms with E-state index in [4.69, 9.17) is 10.8 Å². The summed E-state index contributed by atoms with van der Waals surface area (Å²) in [6, 6.07) is 8.08. The molecule has 1 aliphatic rings. The molecule has 0 unspecified atom stereocenters. The Labute approximate surface area is 77.6 Å². The van der Waals surface area contributed by atoms with Gasteiger partial charge >= 0.3 is 0 Å². The Kier molecular flexibility index (Phi) is 2.10. The van der Waals surface area contributed by atoms with E-state index < -0.39 is 0 Å². The first-order chi connectivity index (χ1) is 6.25. The van der Waals surface area contributed by atoms with E-state index >= 15 is 0 Å². The smallest absolute Gasteiger partial charge is 0.0579 e. The fourth-order valence-electron chi connectivity index (χ4n) is 1.55. The van der Waals surface area contributed by atoms with Crippen molar-refractivity contribution in [3.63, 3.8) is 0 Å². The number of aliphatic hydroxyl groups excluding tert-OH is 1. The molecule has 1 aromatic rings. The van der Waals surface area contributed by atoms with Crippen LogP contribution in [-0.2, 0) is 0 Å². The fourth-order valence-corrected chi connectivity index (χ4v) is 1.55. The Morgan fingerprint density at radius 1 is 1.31 bits per heavy atom. The van der Waals surface area contributed by atoms with E-state index in [1.54, 1.807) is 0 Å². The molecule has 70 valence electrons. The van der Waals surface area contributed by atoms with Gasteiger partial charge in [-0.1, -0.05) is 12.1 Å². The van der Waals surface area contributed by atoms with Gasteiger partial charge < -0.3 is 16.2 Å². The van der Waals surface area contributed by atoms with Gasteiger partial charge in [0.1, 0.15) is 0 Å². The van der Waals surface area contributed by atoms with Gasteiger partial charge in [0, 0.05) is 6.04 Å². The third kappa shape index (κ3) is 1.75. The summed E-state index contributed by atoms with van der Waals surface area (Å²) >= 11 is 0. The van der Waals surface area contributed by atoms with E-state index in [0.717, 1.165) is 24.2 Å². The molecule has 3 heteroatoms. The van der Waals surface area contributed by atoms with Crippen molar-refractivity contribution in [3.8, 4) is 0 Å². The summed E-state index contributed by atoms with van der Waals surface area (Å²) in [6.45, 7) is 0. The van der Waals surface area contributed by atoms with Crippen molar-refractivity contribution in [1.82, 2.24) is 0 Å². The molecule has 4 N–H and O–H groups in total. The highest BCUT2D eigenvalue weighted by molar-refractivity contribution is 5.66. The molecule has 1 aromatic carbocycles. The van der Waals surface area contributed by atoms with Gasteiger partial charge in [0.2, 0.25) is 0 Å². The Morgan fingerprint density at radius 2 is 2.00 bits per heavy atom. The summed E-state index contributed by atoms with van der Waals surface area (Å²) in [7, 11) is 0. The summed E-state index contributed by atoms with van der Waals surface area (Å²) in [5.41, 5.74) is 7.50. The Hall–Kier alpha value is -1.22. The van der Waals surface area contributed by atoms with Gasteiger partial charge in [-0.25, -0.2) is 0 Å². The predicted molar refractivity (Wildman–Crippen MR) is 53.5 cm³/mol. The maximum absolute atomic E-state index is 9.09. The maximum Gasteiger partial charge on any atom is 0.0579 e. The molecule has 0 spiro atoms. The van der Waals surface area contributed by atoms with Crippen LogP contribution in [0.1, 0.15) is 12.8 Å². The van der Waals surface area contributed by atoms with Gasteiger partial charge in [0.15, 0.2) is 0 Å². The quantitative estimate of drug-likeness (QED) is 0.596. The highest BCUT2D eigenvalue weighted by atomic mass is 16.3. The number of nitrogens with two attached hydrogens (primary N) is 1. The summed E-state index contributed by atoms with van der Waals surface area (Å²) in [6.07, 6.45) is 1.53. The number of anilines is 2. The number of benzene rings is 1. The zero-order valence-corrected chi connectivity index (χ0v) is 7.40.